The molecule has 0 aliphatic carbocycles. The maximum absolute atomic E-state index is 11.6. The van der Waals surface area contributed by atoms with Crippen molar-refractivity contribution in [2.24, 2.45) is 5.92 Å². The third-order valence-corrected chi connectivity index (χ3v) is 4.96. The van der Waals surface area contributed by atoms with Crippen LogP contribution in [0.4, 0.5) is 5.69 Å². The number of sulfonamides is 1. The molecule has 0 unspecified atom stereocenters. The van der Waals surface area contributed by atoms with Crippen LogP contribution in [-0.4, -0.2) is 34.8 Å². The van der Waals surface area contributed by atoms with Gasteiger partial charge in [-0.25, -0.2) is 8.42 Å². The minimum absolute atomic E-state index is 0.708. The highest BCUT2D eigenvalue weighted by Gasteiger charge is 2.15. The Bertz CT molecular complexity index is 522. The molecule has 1 fully saturated rings. The zero-order valence-corrected chi connectivity index (χ0v) is 12.4. The molecule has 0 radical (unpaired) electrons. The van der Waals surface area contributed by atoms with Crippen LogP contribution in [0.2, 0.25) is 0 Å². The van der Waals surface area contributed by atoms with E-state index in [0.29, 0.717) is 5.92 Å². The molecule has 0 atom stereocenters. The molecule has 0 spiro atoms. The van der Waals surface area contributed by atoms with E-state index in [1.165, 1.54) is 29.0 Å². The van der Waals surface area contributed by atoms with Gasteiger partial charge in [0.2, 0.25) is 10.0 Å². The topological polar surface area (TPSA) is 49.4 Å². The largest absolute Gasteiger partial charge is 0.317 e. The molecule has 1 aliphatic rings. The molecule has 1 N–H and O–H groups in total. The second-order valence-corrected chi connectivity index (χ2v) is 7.31. The first-order valence-corrected chi connectivity index (χ1v) is 8.55. The molecule has 5 heteroatoms. The van der Waals surface area contributed by atoms with Gasteiger partial charge in [-0.1, -0.05) is 12.1 Å². The standard InChI is InChI=1S/C14H22N2O2S/c1-16(19(2,17)18)14-5-3-4-13(11-14)10-12-6-8-15-9-7-12/h3-5,11-12,15H,6-10H2,1-2H3. The van der Waals surface area contributed by atoms with Gasteiger partial charge in [-0.05, 0) is 56.0 Å². The van der Waals surface area contributed by atoms with Gasteiger partial charge in [0.15, 0.2) is 0 Å². The number of hydrogen-bond donors (Lipinski definition) is 1. The summed E-state index contributed by atoms with van der Waals surface area (Å²) >= 11 is 0. The fraction of sp³-hybridized carbons (Fsp3) is 0.571. The van der Waals surface area contributed by atoms with Crippen LogP contribution >= 0.6 is 0 Å². The molecule has 1 aromatic rings. The Hall–Kier alpha value is -1.07. The Morgan fingerprint density at radius 2 is 2.00 bits per heavy atom. The fourth-order valence-electron chi connectivity index (χ4n) is 2.49. The summed E-state index contributed by atoms with van der Waals surface area (Å²) < 4.78 is 24.4. The summed E-state index contributed by atoms with van der Waals surface area (Å²) in [6, 6.07) is 7.85. The second kappa shape index (κ2) is 5.92. The van der Waals surface area contributed by atoms with E-state index in [1.54, 1.807) is 7.05 Å². The van der Waals surface area contributed by atoms with Gasteiger partial charge in [0, 0.05) is 7.05 Å². The summed E-state index contributed by atoms with van der Waals surface area (Å²) in [6.07, 6.45) is 4.66. The van der Waals surface area contributed by atoms with E-state index in [0.717, 1.165) is 25.2 Å². The van der Waals surface area contributed by atoms with Gasteiger partial charge in [0.25, 0.3) is 0 Å². The average Bonchev–Trinajstić information content (AvgIpc) is 2.38. The molecule has 0 saturated carbocycles. The summed E-state index contributed by atoms with van der Waals surface area (Å²) in [4.78, 5) is 0. The van der Waals surface area contributed by atoms with E-state index < -0.39 is 10.0 Å². The molecule has 1 aromatic carbocycles. The third kappa shape index (κ3) is 3.94. The molecular weight excluding hydrogens is 260 g/mol. The lowest BCUT2D eigenvalue weighted by Gasteiger charge is -2.23. The quantitative estimate of drug-likeness (QED) is 0.913. The molecular formula is C14H22N2O2S. The molecule has 106 valence electrons. The molecule has 2 rings (SSSR count). The molecule has 0 bridgehead atoms. The van der Waals surface area contributed by atoms with Crippen LogP contribution in [0.5, 0.6) is 0 Å². The van der Waals surface area contributed by atoms with Crippen molar-refractivity contribution in [2.75, 3.05) is 30.7 Å². The van der Waals surface area contributed by atoms with E-state index in [-0.39, 0.29) is 0 Å². The first-order chi connectivity index (χ1) is 8.97. The van der Waals surface area contributed by atoms with E-state index in [9.17, 15) is 8.42 Å². The highest BCUT2D eigenvalue weighted by atomic mass is 32.2. The lowest BCUT2D eigenvalue weighted by Crippen LogP contribution is -2.28. The number of benzene rings is 1. The zero-order chi connectivity index (χ0) is 13.9. The van der Waals surface area contributed by atoms with Crippen molar-refractivity contribution in [3.8, 4) is 0 Å². The van der Waals surface area contributed by atoms with Crippen LogP contribution in [0.1, 0.15) is 18.4 Å². The van der Waals surface area contributed by atoms with E-state index in [4.69, 9.17) is 0 Å². The van der Waals surface area contributed by atoms with Crippen molar-refractivity contribution >= 4 is 15.7 Å². The molecule has 0 amide bonds. The number of piperidine rings is 1. The van der Waals surface area contributed by atoms with Crippen LogP contribution < -0.4 is 9.62 Å². The van der Waals surface area contributed by atoms with Crippen LogP contribution in [0.25, 0.3) is 0 Å². The average molecular weight is 282 g/mol. The number of nitrogens with zero attached hydrogens (tertiary/aromatic N) is 1. The number of rotatable bonds is 4. The van der Waals surface area contributed by atoms with Gasteiger partial charge in [0.1, 0.15) is 0 Å². The van der Waals surface area contributed by atoms with Crippen LogP contribution in [0, 0.1) is 5.92 Å². The van der Waals surface area contributed by atoms with Crippen LogP contribution in [-0.2, 0) is 16.4 Å². The van der Waals surface area contributed by atoms with E-state index in [1.807, 2.05) is 18.2 Å². The molecule has 0 aromatic heterocycles. The van der Waals surface area contributed by atoms with Gasteiger partial charge in [-0.15, -0.1) is 0 Å². The highest BCUT2D eigenvalue weighted by molar-refractivity contribution is 7.92. The van der Waals surface area contributed by atoms with E-state index in [2.05, 4.69) is 11.4 Å². The third-order valence-electron chi connectivity index (χ3n) is 3.75. The monoisotopic (exact) mass is 282 g/mol. The Morgan fingerprint density at radius 1 is 1.32 bits per heavy atom. The summed E-state index contributed by atoms with van der Waals surface area (Å²) in [5, 5.41) is 3.36. The zero-order valence-electron chi connectivity index (χ0n) is 11.6. The normalized spacial score (nSPS) is 17.4. The number of anilines is 1. The SMILES string of the molecule is CN(c1cccc(CC2CCNCC2)c1)S(C)(=O)=O. The van der Waals surface area contributed by atoms with Crippen molar-refractivity contribution in [1.29, 1.82) is 0 Å². The van der Waals surface area contributed by atoms with Gasteiger partial charge < -0.3 is 5.32 Å². The number of hydrogen-bond acceptors (Lipinski definition) is 3. The fourth-order valence-corrected chi connectivity index (χ4v) is 2.99. The molecule has 1 heterocycles. The van der Waals surface area contributed by atoms with Crippen LogP contribution in [0.3, 0.4) is 0 Å². The van der Waals surface area contributed by atoms with Crippen molar-refractivity contribution < 1.29 is 8.42 Å². The number of nitrogens with one attached hydrogen (secondary N) is 1. The van der Waals surface area contributed by atoms with Gasteiger partial charge in [-0.3, -0.25) is 4.31 Å². The minimum atomic E-state index is -3.18. The maximum atomic E-state index is 11.6. The Kier molecular flexibility index (Phi) is 4.47. The van der Waals surface area contributed by atoms with Gasteiger partial charge in [0.05, 0.1) is 11.9 Å². The van der Waals surface area contributed by atoms with Crippen molar-refractivity contribution in [3.63, 3.8) is 0 Å². The molecule has 1 aliphatic heterocycles. The molecule has 1 saturated heterocycles. The predicted octanol–water partition coefficient (Wildman–Crippen LogP) is 1.62. The Labute approximate surface area is 115 Å². The Balaban J connectivity index is 2.10. The maximum Gasteiger partial charge on any atom is 0.231 e. The van der Waals surface area contributed by atoms with Crippen molar-refractivity contribution in [3.05, 3.63) is 29.8 Å². The summed E-state index contributed by atoms with van der Waals surface area (Å²) in [7, 11) is -1.59. The summed E-state index contributed by atoms with van der Waals surface area (Å²) in [5.74, 6) is 0.708. The summed E-state index contributed by atoms with van der Waals surface area (Å²) in [5.41, 5.74) is 1.97. The van der Waals surface area contributed by atoms with E-state index >= 15 is 0 Å². The van der Waals surface area contributed by atoms with Crippen LogP contribution in [0.15, 0.2) is 24.3 Å². The first kappa shape index (κ1) is 14.3. The van der Waals surface area contributed by atoms with Crippen molar-refractivity contribution in [1.82, 2.24) is 5.32 Å². The smallest absolute Gasteiger partial charge is 0.231 e. The predicted molar refractivity (Wildman–Crippen MR) is 79.0 cm³/mol. The van der Waals surface area contributed by atoms with Crippen molar-refractivity contribution in [2.45, 2.75) is 19.3 Å². The highest BCUT2D eigenvalue weighted by Crippen LogP contribution is 2.22. The van der Waals surface area contributed by atoms with Gasteiger partial charge >= 0.3 is 0 Å². The summed E-state index contributed by atoms with van der Waals surface area (Å²) in [6.45, 7) is 2.18. The Morgan fingerprint density at radius 3 is 2.63 bits per heavy atom. The molecule has 19 heavy (non-hydrogen) atoms. The second-order valence-electron chi connectivity index (χ2n) is 5.30. The molecule has 4 nitrogen and oxygen atoms in total. The lowest BCUT2D eigenvalue weighted by molar-refractivity contribution is 0.373. The lowest BCUT2D eigenvalue weighted by atomic mass is 9.91. The van der Waals surface area contributed by atoms with Gasteiger partial charge in [-0.2, -0.15) is 0 Å². The first-order valence-electron chi connectivity index (χ1n) is 6.70. The minimum Gasteiger partial charge on any atom is -0.317 e.